The van der Waals surface area contributed by atoms with Gasteiger partial charge < -0.3 is 5.11 Å². The predicted molar refractivity (Wildman–Crippen MR) is 48.9 cm³/mol. The van der Waals surface area contributed by atoms with Crippen molar-refractivity contribution in [2.24, 2.45) is 0 Å². The van der Waals surface area contributed by atoms with Crippen LogP contribution in [0.2, 0.25) is 0 Å². The van der Waals surface area contributed by atoms with Crippen molar-refractivity contribution >= 4 is 15.9 Å². The molecule has 0 aliphatic heterocycles. The lowest BCUT2D eigenvalue weighted by atomic mass is 9.97. The number of hydrogen-bond acceptors (Lipinski definition) is 2. The molecule has 0 saturated heterocycles. The summed E-state index contributed by atoms with van der Waals surface area (Å²) < 4.78 is 0.973. The van der Waals surface area contributed by atoms with Crippen molar-refractivity contribution in [2.75, 3.05) is 0 Å². The molecule has 0 amide bonds. The van der Waals surface area contributed by atoms with E-state index in [0.29, 0.717) is 0 Å². The minimum absolute atomic E-state index is 0.0463. The molecular formula is C8H11BrN2O. The maximum Gasteiger partial charge on any atom is 0.0632 e. The first-order valence-electron chi connectivity index (χ1n) is 4.04. The molecule has 1 aromatic rings. The van der Waals surface area contributed by atoms with Crippen LogP contribution in [0.25, 0.3) is 0 Å². The summed E-state index contributed by atoms with van der Waals surface area (Å²) in [5, 5.41) is 16.4. The Hall–Kier alpha value is -0.350. The highest BCUT2D eigenvalue weighted by Crippen LogP contribution is 2.51. The molecule has 1 unspecified atom stereocenters. The normalized spacial score (nSPS) is 22.2. The minimum Gasteiger partial charge on any atom is -0.392 e. The van der Waals surface area contributed by atoms with Gasteiger partial charge in [-0.05, 0) is 35.7 Å². The molecule has 2 rings (SSSR count). The van der Waals surface area contributed by atoms with Crippen LogP contribution < -0.4 is 0 Å². The van der Waals surface area contributed by atoms with Crippen molar-refractivity contribution in [1.29, 1.82) is 0 Å². The van der Waals surface area contributed by atoms with Crippen LogP contribution in [0.5, 0.6) is 0 Å². The van der Waals surface area contributed by atoms with Gasteiger partial charge >= 0.3 is 0 Å². The van der Waals surface area contributed by atoms with Gasteiger partial charge in [0.15, 0.2) is 0 Å². The Labute approximate surface area is 79.3 Å². The monoisotopic (exact) mass is 230 g/mol. The minimum atomic E-state index is -0.297. The van der Waals surface area contributed by atoms with Crippen LogP contribution in [-0.2, 0) is 5.41 Å². The Morgan fingerprint density at radius 1 is 1.75 bits per heavy atom. The highest BCUT2D eigenvalue weighted by molar-refractivity contribution is 9.10. The summed E-state index contributed by atoms with van der Waals surface area (Å²) in [6.07, 6.45) is 3.53. The molecule has 1 aromatic heterocycles. The van der Waals surface area contributed by atoms with Gasteiger partial charge in [0.25, 0.3) is 0 Å². The second kappa shape index (κ2) is 2.57. The molecule has 1 heterocycles. The van der Waals surface area contributed by atoms with Crippen molar-refractivity contribution in [3.05, 3.63) is 16.4 Å². The number of aromatic amines is 1. The van der Waals surface area contributed by atoms with Crippen LogP contribution >= 0.6 is 15.9 Å². The van der Waals surface area contributed by atoms with Crippen LogP contribution in [0.3, 0.4) is 0 Å². The van der Waals surface area contributed by atoms with Crippen molar-refractivity contribution in [1.82, 2.24) is 10.2 Å². The van der Waals surface area contributed by atoms with Gasteiger partial charge in [-0.1, -0.05) is 0 Å². The van der Waals surface area contributed by atoms with E-state index in [0.717, 1.165) is 23.0 Å². The van der Waals surface area contributed by atoms with Crippen LogP contribution in [0, 0.1) is 0 Å². The predicted octanol–water partition coefficient (Wildman–Crippen LogP) is 1.58. The van der Waals surface area contributed by atoms with Crippen LogP contribution in [0.15, 0.2) is 10.7 Å². The van der Waals surface area contributed by atoms with Crippen molar-refractivity contribution in [2.45, 2.75) is 31.3 Å². The van der Waals surface area contributed by atoms with Gasteiger partial charge in [0.2, 0.25) is 0 Å². The molecule has 1 saturated carbocycles. The molecule has 0 bridgehead atoms. The molecule has 0 radical (unpaired) electrons. The first-order valence-corrected chi connectivity index (χ1v) is 4.83. The zero-order valence-electron chi connectivity index (χ0n) is 6.84. The van der Waals surface area contributed by atoms with Crippen LogP contribution in [-0.4, -0.2) is 21.4 Å². The molecule has 2 N–H and O–H groups in total. The summed E-state index contributed by atoms with van der Waals surface area (Å²) in [4.78, 5) is 0. The fraction of sp³-hybridized carbons (Fsp3) is 0.625. The van der Waals surface area contributed by atoms with E-state index in [4.69, 9.17) is 0 Å². The molecule has 1 atom stereocenters. The standard InChI is InChI=1S/C8H11BrN2O/c1-5(12)8(2-3-8)7-6(9)4-10-11-7/h4-5,12H,2-3H2,1H3,(H,10,11). The van der Waals surface area contributed by atoms with Gasteiger partial charge in [-0.3, -0.25) is 5.10 Å². The lowest BCUT2D eigenvalue weighted by Crippen LogP contribution is -2.23. The average Bonchev–Trinajstić information content (AvgIpc) is 2.71. The lowest BCUT2D eigenvalue weighted by molar-refractivity contribution is 0.148. The van der Waals surface area contributed by atoms with Crippen molar-refractivity contribution < 1.29 is 5.11 Å². The molecule has 1 fully saturated rings. The highest BCUT2D eigenvalue weighted by Gasteiger charge is 2.50. The third kappa shape index (κ3) is 1.02. The summed E-state index contributed by atoms with van der Waals surface area (Å²) in [7, 11) is 0. The summed E-state index contributed by atoms with van der Waals surface area (Å²) in [5.41, 5.74) is 0.993. The Morgan fingerprint density at radius 3 is 2.75 bits per heavy atom. The summed E-state index contributed by atoms with van der Waals surface area (Å²) in [6, 6.07) is 0. The third-order valence-corrected chi connectivity index (χ3v) is 3.28. The second-order valence-corrected chi connectivity index (χ2v) is 4.28. The smallest absolute Gasteiger partial charge is 0.0632 e. The fourth-order valence-electron chi connectivity index (χ4n) is 1.63. The molecule has 12 heavy (non-hydrogen) atoms. The Bertz CT molecular complexity index is 291. The number of halogens is 1. The largest absolute Gasteiger partial charge is 0.392 e. The topological polar surface area (TPSA) is 48.9 Å². The maximum absolute atomic E-state index is 9.57. The van der Waals surface area contributed by atoms with Crippen molar-refractivity contribution in [3.8, 4) is 0 Å². The number of nitrogens with one attached hydrogen (secondary N) is 1. The molecule has 4 heteroatoms. The molecular weight excluding hydrogens is 220 g/mol. The highest BCUT2D eigenvalue weighted by atomic mass is 79.9. The number of hydrogen-bond donors (Lipinski definition) is 2. The van der Waals surface area contributed by atoms with Gasteiger partial charge in [-0.15, -0.1) is 0 Å². The van der Waals surface area contributed by atoms with E-state index in [1.54, 1.807) is 6.20 Å². The summed E-state index contributed by atoms with van der Waals surface area (Å²) in [5.74, 6) is 0. The third-order valence-electron chi connectivity index (χ3n) is 2.68. The van der Waals surface area contributed by atoms with E-state index in [1.165, 1.54) is 0 Å². The van der Waals surface area contributed by atoms with Gasteiger partial charge in [-0.25, -0.2) is 0 Å². The van der Waals surface area contributed by atoms with Gasteiger partial charge in [-0.2, -0.15) is 5.10 Å². The van der Waals surface area contributed by atoms with Gasteiger partial charge in [0, 0.05) is 5.41 Å². The molecule has 1 aliphatic carbocycles. The molecule has 1 aliphatic rings. The number of aliphatic hydroxyl groups is 1. The van der Waals surface area contributed by atoms with E-state index in [1.807, 2.05) is 6.92 Å². The van der Waals surface area contributed by atoms with Crippen molar-refractivity contribution in [3.63, 3.8) is 0 Å². The van der Waals surface area contributed by atoms with Gasteiger partial charge in [0.05, 0.1) is 22.5 Å². The Balaban J connectivity index is 2.36. The number of aliphatic hydroxyl groups excluding tert-OH is 1. The van der Waals surface area contributed by atoms with Crippen LogP contribution in [0.4, 0.5) is 0 Å². The van der Waals surface area contributed by atoms with E-state index < -0.39 is 0 Å². The Morgan fingerprint density at radius 2 is 2.42 bits per heavy atom. The van der Waals surface area contributed by atoms with E-state index in [2.05, 4.69) is 26.1 Å². The number of H-pyrrole nitrogens is 1. The molecule has 3 nitrogen and oxygen atoms in total. The SMILES string of the molecule is CC(O)C1(c2[nH]ncc2Br)CC1. The maximum atomic E-state index is 9.57. The lowest BCUT2D eigenvalue weighted by Gasteiger charge is -2.16. The fourth-order valence-corrected chi connectivity index (χ4v) is 2.22. The van der Waals surface area contributed by atoms with E-state index >= 15 is 0 Å². The van der Waals surface area contributed by atoms with Crippen LogP contribution in [0.1, 0.15) is 25.5 Å². The summed E-state index contributed by atoms with van der Waals surface area (Å²) in [6.45, 7) is 1.83. The van der Waals surface area contributed by atoms with Gasteiger partial charge in [0.1, 0.15) is 0 Å². The zero-order valence-corrected chi connectivity index (χ0v) is 8.43. The number of rotatable bonds is 2. The zero-order chi connectivity index (χ0) is 8.77. The van der Waals surface area contributed by atoms with E-state index in [-0.39, 0.29) is 11.5 Å². The first-order chi connectivity index (χ1) is 5.67. The molecule has 0 spiro atoms. The number of nitrogens with zero attached hydrogens (tertiary/aromatic N) is 1. The molecule has 66 valence electrons. The number of aromatic nitrogens is 2. The quantitative estimate of drug-likeness (QED) is 0.811. The Kier molecular flexibility index (Phi) is 1.77. The summed E-state index contributed by atoms with van der Waals surface area (Å²) >= 11 is 3.41. The second-order valence-electron chi connectivity index (χ2n) is 3.43. The van der Waals surface area contributed by atoms with E-state index in [9.17, 15) is 5.11 Å². The average molecular weight is 231 g/mol. The first kappa shape index (κ1) is 8.26. The molecule has 0 aromatic carbocycles.